The van der Waals surface area contributed by atoms with Gasteiger partial charge in [-0.2, -0.15) is 4.39 Å². The van der Waals surface area contributed by atoms with Crippen molar-refractivity contribution in [2.75, 3.05) is 6.61 Å². The van der Waals surface area contributed by atoms with Crippen LogP contribution in [0, 0.1) is 19.8 Å². The number of nitrogens with zero attached hydrogens (tertiary/aromatic N) is 3. The predicted octanol–water partition coefficient (Wildman–Crippen LogP) is 2.85. The van der Waals surface area contributed by atoms with Crippen molar-refractivity contribution >= 4 is 11.0 Å². The largest absolute Gasteiger partial charge is 0.395 e. The minimum atomic E-state index is -0.555. The molecule has 3 aromatic rings. The SMILES string of the molecule is Cc1cc2nc(-c3cccnc3F)n(CCO)c2cc1C. The van der Waals surface area contributed by atoms with E-state index >= 15 is 0 Å². The molecular formula is C16H16FN3O. The van der Waals surface area contributed by atoms with E-state index in [0.717, 1.165) is 22.2 Å². The van der Waals surface area contributed by atoms with Gasteiger partial charge in [-0.1, -0.05) is 0 Å². The van der Waals surface area contributed by atoms with Crippen LogP contribution in [0.2, 0.25) is 0 Å². The topological polar surface area (TPSA) is 50.9 Å². The quantitative estimate of drug-likeness (QED) is 0.753. The summed E-state index contributed by atoms with van der Waals surface area (Å²) in [6.07, 6.45) is 1.41. The Labute approximate surface area is 121 Å². The van der Waals surface area contributed by atoms with Gasteiger partial charge in [0.05, 0.1) is 23.2 Å². The summed E-state index contributed by atoms with van der Waals surface area (Å²) in [5.74, 6) is -0.0601. The van der Waals surface area contributed by atoms with Crippen LogP contribution in [-0.4, -0.2) is 26.2 Å². The van der Waals surface area contributed by atoms with Crippen LogP contribution in [0.5, 0.6) is 0 Å². The molecule has 3 rings (SSSR count). The maximum atomic E-state index is 14.0. The first-order chi connectivity index (χ1) is 10.1. The van der Waals surface area contributed by atoms with E-state index in [1.807, 2.05) is 30.5 Å². The molecule has 0 saturated heterocycles. The second-order valence-electron chi connectivity index (χ2n) is 5.08. The van der Waals surface area contributed by atoms with E-state index < -0.39 is 5.95 Å². The van der Waals surface area contributed by atoms with Gasteiger partial charge in [-0.15, -0.1) is 0 Å². The number of fused-ring (bicyclic) bond motifs is 1. The standard InChI is InChI=1S/C16H16FN3O/c1-10-8-13-14(9-11(10)2)20(6-7-21)16(19-13)12-4-3-5-18-15(12)17/h3-5,8-9,21H,6-7H2,1-2H3. The van der Waals surface area contributed by atoms with Gasteiger partial charge in [-0.25, -0.2) is 9.97 Å². The number of hydrogen-bond acceptors (Lipinski definition) is 3. The molecule has 21 heavy (non-hydrogen) atoms. The zero-order valence-corrected chi connectivity index (χ0v) is 12.0. The van der Waals surface area contributed by atoms with Gasteiger partial charge in [0.1, 0.15) is 5.82 Å². The Morgan fingerprint density at radius 2 is 2.00 bits per heavy atom. The molecule has 0 spiro atoms. The summed E-state index contributed by atoms with van der Waals surface area (Å²) in [7, 11) is 0. The molecule has 0 aliphatic heterocycles. The molecule has 2 aromatic heterocycles. The highest BCUT2D eigenvalue weighted by Gasteiger charge is 2.16. The number of aromatic nitrogens is 3. The fourth-order valence-corrected chi connectivity index (χ4v) is 2.46. The highest BCUT2D eigenvalue weighted by atomic mass is 19.1. The summed E-state index contributed by atoms with van der Waals surface area (Å²) in [6.45, 7) is 4.37. The monoisotopic (exact) mass is 285 g/mol. The molecule has 108 valence electrons. The van der Waals surface area contributed by atoms with Crippen LogP contribution in [0.4, 0.5) is 4.39 Å². The average Bonchev–Trinajstić information content (AvgIpc) is 2.79. The molecule has 1 aromatic carbocycles. The first-order valence-electron chi connectivity index (χ1n) is 6.81. The van der Waals surface area contributed by atoms with Crippen molar-refractivity contribution in [3.63, 3.8) is 0 Å². The normalized spacial score (nSPS) is 11.2. The molecule has 0 aliphatic rings. The fraction of sp³-hybridized carbons (Fsp3) is 0.250. The first kappa shape index (κ1) is 13.7. The lowest BCUT2D eigenvalue weighted by molar-refractivity contribution is 0.278. The maximum Gasteiger partial charge on any atom is 0.223 e. The molecule has 0 bridgehead atoms. The maximum absolute atomic E-state index is 14.0. The van der Waals surface area contributed by atoms with Gasteiger partial charge in [0, 0.05) is 12.7 Å². The van der Waals surface area contributed by atoms with Gasteiger partial charge < -0.3 is 9.67 Å². The summed E-state index contributed by atoms with van der Waals surface area (Å²) >= 11 is 0. The van der Waals surface area contributed by atoms with Crippen LogP contribution in [0.3, 0.4) is 0 Å². The number of benzene rings is 1. The molecule has 0 aliphatic carbocycles. The van der Waals surface area contributed by atoms with Crippen molar-refractivity contribution in [3.05, 3.63) is 47.5 Å². The Morgan fingerprint density at radius 1 is 1.24 bits per heavy atom. The van der Waals surface area contributed by atoms with Crippen LogP contribution < -0.4 is 0 Å². The number of aryl methyl sites for hydroxylation is 2. The third kappa shape index (κ3) is 2.29. The Kier molecular flexibility index (Phi) is 3.43. The van der Waals surface area contributed by atoms with E-state index in [0.29, 0.717) is 17.9 Å². The van der Waals surface area contributed by atoms with Gasteiger partial charge in [0.2, 0.25) is 5.95 Å². The van der Waals surface area contributed by atoms with Crippen molar-refractivity contribution in [1.82, 2.24) is 14.5 Å². The predicted molar refractivity (Wildman–Crippen MR) is 79.5 cm³/mol. The van der Waals surface area contributed by atoms with Crippen molar-refractivity contribution in [3.8, 4) is 11.4 Å². The minimum absolute atomic E-state index is 0.0345. The van der Waals surface area contributed by atoms with Crippen molar-refractivity contribution in [1.29, 1.82) is 0 Å². The van der Waals surface area contributed by atoms with E-state index in [9.17, 15) is 9.50 Å². The molecular weight excluding hydrogens is 269 g/mol. The zero-order chi connectivity index (χ0) is 15.0. The van der Waals surface area contributed by atoms with E-state index in [1.54, 1.807) is 12.1 Å². The Bertz CT molecular complexity index is 811. The molecule has 2 heterocycles. The lowest BCUT2D eigenvalue weighted by atomic mass is 10.1. The molecule has 0 unspecified atom stereocenters. The summed E-state index contributed by atoms with van der Waals surface area (Å²) in [4.78, 5) is 8.22. The average molecular weight is 285 g/mol. The number of halogens is 1. The fourth-order valence-electron chi connectivity index (χ4n) is 2.46. The molecule has 0 atom stereocenters. The van der Waals surface area contributed by atoms with Crippen LogP contribution in [-0.2, 0) is 6.54 Å². The Hall–Kier alpha value is -2.27. The van der Waals surface area contributed by atoms with Crippen molar-refractivity contribution in [2.45, 2.75) is 20.4 Å². The van der Waals surface area contributed by atoms with Crippen molar-refractivity contribution in [2.24, 2.45) is 0 Å². The third-order valence-corrected chi connectivity index (χ3v) is 3.69. The molecule has 1 N–H and O–H groups in total. The molecule has 0 radical (unpaired) electrons. The summed E-state index contributed by atoms with van der Waals surface area (Å²) < 4.78 is 15.8. The Morgan fingerprint density at radius 3 is 2.71 bits per heavy atom. The molecule has 0 saturated carbocycles. The highest BCUT2D eigenvalue weighted by Crippen LogP contribution is 2.27. The zero-order valence-electron chi connectivity index (χ0n) is 12.0. The minimum Gasteiger partial charge on any atom is -0.395 e. The summed E-state index contributed by atoms with van der Waals surface area (Å²) in [5.41, 5.74) is 4.31. The van der Waals surface area contributed by atoms with Crippen LogP contribution in [0.15, 0.2) is 30.5 Å². The van der Waals surface area contributed by atoms with Gasteiger partial charge in [-0.05, 0) is 49.2 Å². The lowest BCUT2D eigenvalue weighted by Crippen LogP contribution is -2.05. The highest BCUT2D eigenvalue weighted by molar-refractivity contribution is 5.82. The second kappa shape index (κ2) is 5.26. The van der Waals surface area contributed by atoms with E-state index in [4.69, 9.17) is 0 Å². The van der Waals surface area contributed by atoms with Gasteiger partial charge in [0.15, 0.2) is 0 Å². The number of aliphatic hydroxyl groups excluding tert-OH is 1. The van der Waals surface area contributed by atoms with Crippen LogP contribution in [0.25, 0.3) is 22.4 Å². The number of pyridine rings is 1. The first-order valence-corrected chi connectivity index (χ1v) is 6.81. The van der Waals surface area contributed by atoms with E-state index in [-0.39, 0.29) is 6.61 Å². The molecule has 0 fully saturated rings. The number of rotatable bonds is 3. The summed E-state index contributed by atoms with van der Waals surface area (Å²) in [5, 5.41) is 9.30. The lowest BCUT2D eigenvalue weighted by Gasteiger charge is -2.08. The molecule has 0 amide bonds. The second-order valence-corrected chi connectivity index (χ2v) is 5.08. The van der Waals surface area contributed by atoms with Gasteiger partial charge >= 0.3 is 0 Å². The number of aliphatic hydroxyl groups is 1. The molecule has 5 heteroatoms. The van der Waals surface area contributed by atoms with Crippen LogP contribution >= 0.6 is 0 Å². The number of hydrogen-bond donors (Lipinski definition) is 1. The van der Waals surface area contributed by atoms with E-state index in [1.165, 1.54) is 6.20 Å². The van der Waals surface area contributed by atoms with Gasteiger partial charge in [0.25, 0.3) is 0 Å². The smallest absolute Gasteiger partial charge is 0.223 e. The van der Waals surface area contributed by atoms with Crippen molar-refractivity contribution < 1.29 is 9.50 Å². The van der Waals surface area contributed by atoms with Crippen LogP contribution in [0.1, 0.15) is 11.1 Å². The summed E-state index contributed by atoms with van der Waals surface area (Å²) in [6, 6.07) is 7.33. The Balaban J connectivity index is 2.32. The van der Waals surface area contributed by atoms with Gasteiger partial charge in [-0.3, -0.25) is 0 Å². The van der Waals surface area contributed by atoms with E-state index in [2.05, 4.69) is 9.97 Å². The third-order valence-electron chi connectivity index (χ3n) is 3.69. The number of imidazole rings is 1. The molecule has 4 nitrogen and oxygen atoms in total.